The highest BCUT2D eigenvalue weighted by Crippen LogP contribution is 2.01. The molecule has 0 bridgehead atoms. The van der Waals surface area contributed by atoms with E-state index >= 15 is 0 Å². The van der Waals surface area contributed by atoms with Gasteiger partial charge in [0, 0.05) is 6.42 Å². The molecule has 0 nitrogen and oxygen atoms in total. The van der Waals surface area contributed by atoms with E-state index in [9.17, 15) is 0 Å². The summed E-state index contributed by atoms with van der Waals surface area (Å²) in [6.07, 6.45) is 6.85. The maximum absolute atomic E-state index is 5.15. The molecule has 12 heavy (non-hydrogen) atoms. The SMILES string of the molecule is C#CC(=C)CCC#C[Si](C)(C)C. The van der Waals surface area contributed by atoms with Gasteiger partial charge < -0.3 is 0 Å². The zero-order valence-corrected chi connectivity index (χ0v) is 9.20. The largest absolute Gasteiger partial charge is 0.132 e. The van der Waals surface area contributed by atoms with Crippen molar-refractivity contribution >= 4 is 8.07 Å². The first-order valence-electron chi connectivity index (χ1n) is 4.10. The van der Waals surface area contributed by atoms with Crippen LogP contribution in [-0.2, 0) is 0 Å². The predicted octanol–water partition coefficient (Wildman–Crippen LogP) is 2.84. The second-order valence-electron chi connectivity index (χ2n) is 3.80. The molecule has 0 aromatic rings. The zero-order chi connectivity index (χ0) is 9.61. The van der Waals surface area contributed by atoms with Gasteiger partial charge in [-0.05, 0) is 12.0 Å². The van der Waals surface area contributed by atoms with Crippen molar-refractivity contribution in [3.8, 4) is 23.8 Å². The summed E-state index contributed by atoms with van der Waals surface area (Å²) in [5.41, 5.74) is 4.13. The van der Waals surface area contributed by atoms with Crippen LogP contribution in [0, 0.1) is 23.8 Å². The molecule has 0 aliphatic carbocycles. The van der Waals surface area contributed by atoms with Gasteiger partial charge >= 0.3 is 0 Å². The van der Waals surface area contributed by atoms with Crippen molar-refractivity contribution in [2.75, 3.05) is 0 Å². The summed E-state index contributed by atoms with van der Waals surface area (Å²) in [5.74, 6) is 5.66. The molecule has 0 spiro atoms. The van der Waals surface area contributed by atoms with Crippen LogP contribution in [0.15, 0.2) is 12.2 Å². The monoisotopic (exact) mass is 176 g/mol. The first kappa shape index (κ1) is 11.1. The number of rotatable bonds is 2. The Labute approximate surface area is 77.1 Å². The minimum absolute atomic E-state index is 0.841. The molecule has 64 valence electrons. The fourth-order valence-electron chi connectivity index (χ4n) is 0.613. The minimum atomic E-state index is -1.18. The Morgan fingerprint density at radius 1 is 1.42 bits per heavy atom. The summed E-state index contributed by atoms with van der Waals surface area (Å²) in [5, 5.41) is 0. The lowest BCUT2D eigenvalue weighted by Crippen LogP contribution is -2.16. The molecular formula is C11H16Si. The van der Waals surface area contributed by atoms with Gasteiger partial charge in [-0.3, -0.25) is 0 Å². The van der Waals surface area contributed by atoms with Crippen LogP contribution in [0.25, 0.3) is 0 Å². The molecule has 0 atom stereocenters. The third-order valence-electron chi connectivity index (χ3n) is 1.22. The van der Waals surface area contributed by atoms with Gasteiger partial charge in [0.15, 0.2) is 0 Å². The second kappa shape index (κ2) is 4.86. The standard InChI is InChI=1S/C11H16Si/c1-6-11(2)9-7-8-10-12(3,4)5/h1H,2,7,9H2,3-5H3. The molecule has 0 N–H and O–H groups in total. The fourth-order valence-corrected chi connectivity index (χ4v) is 1.27. The molecule has 0 rings (SSSR count). The Morgan fingerprint density at radius 2 is 2.00 bits per heavy atom. The molecule has 0 unspecified atom stereocenters. The van der Waals surface area contributed by atoms with Crippen molar-refractivity contribution in [1.29, 1.82) is 0 Å². The van der Waals surface area contributed by atoms with Gasteiger partial charge in [-0.25, -0.2) is 0 Å². The maximum Gasteiger partial charge on any atom is 0.129 e. The summed E-state index contributed by atoms with van der Waals surface area (Å²) in [7, 11) is -1.18. The molecule has 0 fully saturated rings. The van der Waals surface area contributed by atoms with Crippen molar-refractivity contribution in [3.63, 3.8) is 0 Å². The van der Waals surface area contributed by atoms with Crippen molar-refractivity contribution in [2.45, 2.75) is 32.5 Å². The topological polar surface area (TPSA) is 0 Å². The predicted molar refractivity (Wildman–Crippen MR) is 58.3 cm³/mol. The third-order valence-corrected chi connectivity index (χ3v) is 2.15. The summed E-state index contributed by atoms with van der Waals surface area (Å²) in [4.78, 5) is 0. The molecule has 0 amide bonds. The zero-order valence-electron chi connectivity index (χ0n) is 8.20. The quantitative estimate of drug-likeness (QED) is 0.448. The lowest BCUT2D eigenvalue weighted by atomic mass is 10.2. The van der Waals surface area contributed by atoms with Gasteiger partial charge in [-0.2, -0.15) is 0 Å². The van der Waals surface area contributed by atoms with E-state index in [1.165, 1.54) is 0 Å². The first-order valence-corrected chi connectivity index (χ1v) is 7.60. The van der Waals surface area contributed by atoms with Gasteiger partial charge in [0.25, 0.3) is 0 Å². The van der Waals surface area contributed by atoms with Crippen LogP contribution in [0.2, 0.25) is 19.6 Å². The number of allylic oxidation sites excluding steroid dienone is 1. The minimum Gasteiger partial charge on any atom is -0.132 e. The fraction of sp³-hybridized carbons (Fsp3) is 0.455. The van der Waals surface area contributed by atoms with Crippen molar-refractivity contribution in [1.82, 2.24) is 0 Å². The van der Waals surface area contributed by atoms with Gasteiger partial charge in [0.1, 0.15) is 8.07 Å². The molecule has 0 heterocycles. The Kier molecular flexibility index (Phi) is 4.48. The van der Waals surface area contributed by atoms with E-state index in [-0.39, 0.29) is 0 Å². The van der Waals surface area contributed by atoms with E-state index in [2.05, 4.69) is 43.6 Å². The van der Waals surface area contributed by atoms with Crippen LogP contribution in [0.5, 0.6) is 0 Å². The Bertz CT molecular complexity index is 249. The van der Waals surface area contributed by atoms with E-state index in [0.717, 1.165) is 18.4 Å². The Hall–Kier alpha value is -0.923. The molecule has 0 radical (unpaired) electrons. The number of hydrogen-bond acceptors (Lipinski definition) is 0. The van der Waals surface area contributed by atoms with Crippen LogP contribution < -0.4 is 0 Å². The normalized spacial score (nSPS) is 9.50. The van der Waals surface area contributed by atoms with E-state index in [1.54, 1.807) is 0 Å². The van der Waals surface area contributed by atoms with E-state index in [0.29, 0.717) is 0 Å². The second-order valence-corrected chi connectivity index (χ2v) is 8.55. The first-order chi connectivity index (χ1) is 5.45. The highest BCUT2D eigenvalue weighted by molar-refractivity contribution is 6.83. The van der Waals surface area contributed by atoms with Crippen LogP contribution in [0.1, 0.15) is 12.8 Å². The smallest absolute Gasteiger partial charge is 0.129 e. The summed E-state index contributed by atoms with van der Waals surface area (Å²) in [6.45, 7) is 10.4. The van der Waals surface area contributed by atoms with Crippen molar-refractivity contribution < 1.29 is 0 Å². The molecule has 0 saturated heterocycles. The van der Waals surface area contributed by atoms with Gasteiger partial charge in [-0.15, -0.1) is 17.9 Å². The molecule has 0 saturated carbocycles. The van der Waals surface area contributed by atoms with Crippen molar-refractivity contribution in [2.24, 2.45) is 0 Å². The number of terminal acetylenes is 1. The van der Waals surface area contributed by atoms with Crippen LogP contribution in [-0.4, -0.2) is 8.07 Å². The van der Waals surface area contributed by atoms with Crippen LogP contribution in [0.4, 0.5) is 0 Å². The average Bonchev–Trinajstić information content (AvgIpc) is 1.96. The lowest BCUT2D eigenvalue weighted by molar-refractivity contribution is 1.05. The van der Waals surface area contributed by atoms with E-state index in [4.69, 9.17) is 6.42 Å². The molecule has 0 aromatic heterocycles. The molecule has 0 aliphatic rings. The maximum atomic E-state index is 5.15. The van der Waals surface area contributed by atoms with E-state index in [1.807, 2.05) is 0 Å². The molecule has 0 aliphatic heterocycles. The average molecular weight is 176 g/mol. The van der Waals surface area contributed by atoms with Crippen LogP contribution in [0.3, 0.4) is 0 Å². The molecule has 0 aromatic carbocycles. The lowest BCUT2D eigenvalue weighted by Gasteiger charge is -2.02. The highest BCUT2D eigenvalue weighted by atomic mass is 28.3. The summed E-state index contributed by atoms with van der Waals surface area (Å²) >= 11 is 0. The third kappa shape index (κ3) is 7.19. The van der Waals surface area contributed by atoms with Gasteiger partial charge in [0.2, 0.25) is 0 Å². The Balaban J connectivity index is 3.77. The highest BCUT2D eigenvalue weighted by Gasteiger charge is 2.06. The summed E-state index contributed by atoms with van der Waals surface area (Å²) < 4.78 is 0. The van der Waals surface area contributed by atoms with Crippen LogP contribution >= 0.6 is 0 Å². The van der Waals surface area contributed by atoms with E-state index < -0.39 is 8.07 Å². The number of hydrogen-bond donors (Lipinski definition) is 0. The van der Waals surface area contributed by atoms with Gasteiger partial charge in [-0.1, -0.05) is 32.1 Å². The molecular weight excluding hydrogens is 160 g/mol. The van der Waals surface area contributed by atoms with Gasteiger partial charge in [0.05, 0.1) is 0 Å². The summed E-state index contributed by atoms with van der Waals surface area (Å²) in [6, 6.07) is 0. The Morgan fingerprint density at radius 3 is 2.42 bits per heavy atom. The molecule has 1 heteroatoms. The van der Waals surface area contributed by atoms with Crippen molar-refractivity contribution in [3.05, 3.63) is 12.2 Å².